The maximum Gasteiger partial charge on any atom is 0.240 e. The number of rotatable bonds is 7. The zero-order valence-corrected chi connectivity index (χ0v) is 22.9. The predicted octanol–water partition coefficient (Wildman–Crippen LogP) is 4.37. The second-order valence-electron chi connectivity index (χ2n) is 10.6. The lowest BCUT2D eigenvalue weighted by Gasteiger charge is -2.32. The molecule has 1 saturated carbocycles. The summed E-state index contributed by atoms with van der Waals surface area (Å²) in [4.78, 5) is 43.8. The molecule has 0 spiro atoms. The van der Waals surface area contributed by atoms with Crippen LogP contribution in [0.2, 0.25) is 0 Å². The largest absolute Gasteiger partial charge is 0.452 e. The second-order valence-corrected chi connectivity index (χ2v) is 10.6. The van der Waals surface area contributed by atoms with E-state index in [1.54, 1.807) is 30.6 Å². The maximum atomic E-state index is 15.1. The van der Waals surface area contributed by atoms with E-state index in [1.165, 1.54) is 18.2 Å². The Morgan fingerprint density at radius 2 is 1.59 bits per heavy atom. The van der Waals surface area contributed by atoms with Crippen LogP contribution in [0, 0.1) is 18.2 Å². The quantitative estimate of drug-likeness (QED) is 0.323. The first-order valence-corrected chi connectivity index (χ1v) is 13.5. The summed E-state index contributed by atoms with van der Waals surface area (Å²) in [7, 11) is 2.09. The molecule has 2 fully saturated rings. The van der Waals surface area contributed by atoms with Crippen molar-refractivity contribution in [3.63, 3.8) is 0 Å². The molecule has 6 rings (SSSR count). The Morgan fingerprint density at radius 3 is 2.27 bits per heavy atom. The van der Waals surface area contributed by atoms with Crippen molar-refractivity contribution in [2.75, 3.05) is 48.8 Å². The minimum absolute atomic E-state index is 0.0429. The number of nitrogens with one attached hydrogen (secondary N) is 2. The molecule has 3 heterocycles. The number of amides is 2. The number of fused-ring (bicyclic) bond motifs is 1. The van der Waals surface area contributed by atoms with Gasteiger partial charge in [0.1, 0.15) is 11.2 Å². The molecule has 2 aromatic carbocycles. The van der Waals surface area contributed by atoms with Crippen molar-refractivity contribution in [2.24, 2.45) is 5.41 Å². The Bertz CT molecular complexity index is 1620. The molecule has 10 nitrogen and oxygen atoms in total. The Hall–Kier alpha value is -4.64. The van der Waals surface area contributed by atoms with Gasteiger partial charge in [0, 0.05) is 55.9 Å². The van der Waals surface area contributed by atoms with Gasteiger partial charge in [0.25, 0.3) is 0 Å². The average molecular weight is 556 g/mol. The SMILES string of the molecule is Cc1ccc(NC(=O)C2(C(=O)Nc3ccc(Oc4ccnc5nc(N6CCN(C)CC6)cnc45)c(F)c3)CC2)cc1. The molecule has 0 unspecified atom stereocenters. The first-order chi connectivity index (χ1) is 19.8. The summed E-state index contributed by atoms with van der Waals surface area (Å²) in [6, 6.07) is 13.1. The molecule has 1 aliphatic heterocycles. The molecule has 0 radical (unpaired) electrons. The number of carbonyl (C=O) groups excluding carboxylic acids is 2. The number of carbonyl (C=O) groups is 2. The number of hydrogen-bond donors (Lipinski definition) is 2. The summed E-state index contributed by atoms with van der Waals surface area (Å²) < 4.78 is 21.0. The van der Waals surface area contributed by atoms with Crippen LogP contribution in [0.4, 0.5) is 21.6 Å². The summed E-state index contributed by atoms with van der Waals surface area (Å²) in [6.45, 7) is 5.52. The smallest absolute Gasteiger partial charge is 0.240 e. The van der Waals surface area contributed by atoms with Crippen LogP contribution in [0.25, 0.3) is 11.2 Å². The van der Waals surface area contributed by atoms with Gasteiger partial charge in [-0.05, 0) is 51.1 Å². The highest BCUT2D eigenvalue weighted by Gasteiger charge is 2.56. The van der Waals surface area contributed by atoms with Crippen molar-refractivity contribution in [3.05, 3.63) is 72.3 Å². The Morgan fingerprint density at radius 1 is 0.902 bits per heavy atom. The van der Waals surface area contributed by atoms with Gasteiger partial charge in [-0.1, -0.05) is 17.7 Å². The average Bonchev–Trinajstić information content (AvgIpc) is 3.79. The monoisotopic (exact) mass is 555 g/mol. The van der Waals surface area contributed by atoms with Gasteiger partial charge in [-0.3, -0.25) is 9.59 Å². The maximum absolute atomic E-state index is 15.1. The van der Waals surface area contributed by atoms with E-state index in [1.807, 2.05) is 19.1 Å². The highest BCUT2D eigenvalue weighted by Crippen LogP contribution is 2.47. The van der Waals surface area contributed by atoms with Crippen molar-refractivity contribution in [2.45, 2.75) is 19.8 Å². The van der Waals surface area contributed by atoms with Crippen LogP contribution in [0.3, 0.4) is 0 Å². The summed E-state index contributed by atoms with van der Waals surface area (Å²) in [6.07, 6.45) is 4.07. The van der Waals surface area contributed by atoms with Crippen LogP contribution >= 0.6 is 0 Å². The van der Waals surface area contributed by atoms with E-state index >= 15 is 4.39 Å². The van der Waals surface area contributed by atoms with Crippen molar-refractivity contribution in [3.8, 4) is 11.5 Å². The van der Waals surface area contributed by atoms with Crippen LogP contribution in [0.1, 0.15) is 18.4 Å². The number of ether oxygens (including phenoxy) is 1. The van der Waals surface area contributed by atoms with Crippen LogP contribution in [-0.2, 0) is 9.59 Å². The lowest BCUT2D eigenvalue weighted by molar-refractivity contribution is -0.131. The molecule has 0 atom stereocenters. The fourth-order valence-electron chi connectivity index (χ4n) is 4.76. The van der Waals surface area contributed by atoms with Gasteiger partial charge >= 0.3 is 0 Å². The molecule has 2 amide bonds. The van der Waals surface area contributed by atoms with Gasteiger partial charge in [-0.2, -0.15) is 0 Å². The molecule has 1 aliphatic carbocycles. The Balaban J connectivity index is 1.13. The van der Waals surface area contributed by atoms with Crippen LogP contribution in [0.5, 0.6) is 11.5 Å². The van der Waals surface area contributed by atoms with Gasteiger partial charge < -0.3 is 25.2 Å². The molecular weight excluding hydrogens is 525 g/mol. The number of likely N-dealkylation sites (N-methyl/N-ethyl adjacent to an activating group) is 1. The number of pyridine rings is 1. The van der Waals surface area contributed by atoms with E-state index in [4.69, 9.17) is 4.74 Å². The van der Waals surface area contributed by atoms with Gasteiger partial charge in [0.15, 0.2) is 28.5 Å². The molecule has 2 N–H and O–H groups in total. The Kier molecular flexibility index (Phi) is 6.96. The standard InChI is InChI=1S/C30H30FN7O3/c1-19-3-5-20(6-4-19)34-28(39)30(10-11-30)29(40)35-21-7-8-23(22(31)17-21)41-24-9-12-32-27-26(24)33-18-25(36-27)38-15-13-37(2)14-16-38/h3-9,12,17-18H,10-11,13-16H2,1-2H3,(H,34,39)(H,35,40). The third-order valence-electron chi connectivity index (χ3n) is 7.56. The molecule has 11 heteroatoms. The highest BCUT2D eigenvalue weighted by molar-refractivity contribution is 6.16. The molecule has 41 heavy (non-hydrogen) atoms. The van der Waals surface area contributed by atoms with E-state index in [9.17, 15) is 9.59 Å². The summed E-state index contributed by atoms with van der Waals surface area (Å²) in [5, 5.41) is 5.50. The first kappa shape index (κ1) is 26.6. The van der Waals surface area contributed by atoms with Gasteiger partial charge in [0.05, 0.1) is 6.20 Å². The lowest BCUT2D eigenvalue weighted by Crippen LogP contribution is -2.44. The van der Waals surface area contributed by atoms with Gasteiger partial charge in [0.2, 0.25) is 11.8 Å². The van der Waals surface area contributed by atoms with Crippen molar-refractivity contribution < 1.29 is 18.7 Å². The topological polar surface area (TPSA) is 113 Å². The second kappa shape index (κ2) is 10.7. The zero-order valence-electron chi connectivity index (χ0n) is 22.9. The molecule has 2 aromatic heterocycles. The number of piperazine rings is 1. The fraction of sp³-hybridized carbons (Fsp3) is 0.300. The summed E-state index contributed by atoms with van der Waals surface area (Å²) in [5.74, 6) is -0.514. The number of anilines is 3. The van der Waals surface area contributed by atoms with Crippen molar-refractivity contribution in [1.82, 2.24) is 19.9 Å². The minimum atomic E-state index is -1.17. The fourth-order valence-corrected chi connectivity index (χ4v) is 4.76. The van der Waals surface area contributed by atoms with Gasteiger partial charge in [-0.25, -0.2) is 19.3 Å². The lowest BCUT2D eigenvalue weighted by atomic mass is 10.0. The van der Waals surface area contributed by atoms with E-state index in [0.29, 0.717) is 35.4 Å². The minimum Gasteiger partial charge on any atom is -0.452 e. The van der Waals surface area contributed by atoms with Crippen molar-refractivity contribution >= 4 is 40.2 Å². The van der Waals surface area contributed by atoms with Crippen LogP contribution in [-0.4, -0.2) is 64.9 Å². The van der Waals surface area contributed by atoms with Gasteiger partial charge in [-0.15, -0.1) is 0 Å². The molecule has 210 valence electrons. The van der Waals surface area contributed by atoms with E-state index in [2.05, 4.69) is 42.4 Å². The third kappa shape index (κ3) is 5.53. The summed E-state index contributed by atoms with van der Waals surface area (Å²) in [5.41, 5.74) is 1.56. The molecule has 2 aliphatic rings. The molecule has 0 bridgehead atoms. The third-order valence-corrected chi connectivity index (χ3v) is 7.56. The number of halogens is 1. The number of aromatic nitrogens is 3. The highest BCUT2D eigenvalue weighted by atomic mass is 19.1. The molecular formula is C30H30FN7O3. The van der Waals surface area contributed by atoms with Crippen LogP contribution in [0.15, 0.2) is 60.9 Å². The predicted molar refractivity (Wildman–Crippen MR) is 154 cm³/mol. The van der Waals surface area contributed by atoms with Crippen molar-refractivity contribution in [1.29, 1.82) is 0 Å². The van der Waals surface area contributed by atoms with E-state index in [-0.39, 0.29) is 17.3 Å². The van der Waals surface area contributed by atoms with Crippen LogP contribution < -0.4 is 20.3 Å². The summed E-state index contributed by atoms with van der Waals surface area (Å²) >= 11 is 0. The normalized spacial score (nSPS) is 16.3. The number of benzene rings is 2. The Labute approximate surface area is 236 Å². The first-order valence-electron chi connectivity index (χ1n) is 13.5. The number of aryl methyl sites for hydroxylation is 1. The number of nitrogens with zero attached hydrogens (tertiary/aromatic N) is 5. The molecule has 4 aromatic rings. The van der Waals surface area contributed by atoms with E-state index in [0.717, 1.165) is 37.6 Å². The zero-order chi connectivity index (χ0) is 28.6. The molecule has 1 saturated heterocycles. The number of hydrogen-bond acceptors (Lipinski definition) is 8. The van der Waals surface area contributed by atoms with E-state index < -0.39 is 17.1 Å².